The zero-order valence-corrected chi connectivity index (χ0v) is 11.8. The molecule has 0 atom stereocenters. The molecule has 0 amide bonds. The number of fused-ring (bicyclic) bond motifs is 1. The van der Waals surface area contributed by atoms with Crippen LogP contribution in [0.5, 0.6) is 0 Å². The normalized spacial score (nSPS) is 13.3. The molecule has 1 heterocycles. The summed E-state index contributed by atoms with van der Waals surface area (Å²) in [5.41, 5.74) is 12.1. The molecule has 104 valence electrons. The third kappa shape index (κ3) is 2.11. The molecule has 4 rings (SSSR count). The van der Waals surface area contributed by atoms with Gasteiger partial charge in [-0.05, 0) is 48.6 Å². The van der Waals surface area contributed by atoms with Gasteiger partial charge in [0.2, 0.25) is 0 Å². The molecule has 1 aliphatic rings. The van der Waals surface area contributed by atoms with Crippen LogP contribution >= 0.6 is 0 Å². The van der Waals surface area contributed by atoms with Crippen LogP contribution < -0.4 is 5.73 Å². The van der Waals surface area contributed by atoms with Crippen molar-refractivity contribution in [3.05, 3.63) is 65.7 Å². The summed E-state index contributed by atoms with van der Waals surface area (Å²) < 4.78 is 1.79. The molecule has 2 N–H and O–H groups in total. The van der Waals surface area contributed by atoms with E-state index in [4.69, 9.17) is 5.73 Å². The fourth-order valence-corrected chi connectivity index (χ4v) is 3.04. The molecule has 2 aromatic carbocycles. The maximum Gasteiger partial charge on any atom is 0.127 e. The number of nitrogen functional groups attached to an aromatic ring is 1. The van der Waals surface area contributed by atoms with Crippen LogP contribution in [0.2, 0.25) is 0 Å². The number of para-hydroxylation sites is 1. The van der Waals surface area contributed by atoms with Gasteiger partial charge >= 0.3 is 0 Å². The van der Waals surface area contributed by atoms with Crippen LogP contribution in [0.25, 0.3) is 16.9 Å². The van der Waals surface area contributed by atoms with Crippen molar-refractivity contribution in [2.24, 2.45) is 0 Å². The first kappa shape index (κ1) is 12.2. The van der Waals surface area contributed by atoms with E-state index < -0.39 is 0 Å². The molecule has 0 radical (unpaired) electrons. The first-order chi connectivity index (χ1) is 10.3. The minimum atomic E-state index is 0.664. The fraction of sp³-hybridized carbons (Fsp3) is 0.167. The van der Waals surface area contributed by atoms with Crippen LogP contribution in [0.1, 0.15) is 17.5 Å². The zero-order chi connectivity index (χ0) is 14.2. The average Bonchev–Trinajstić information content (AvgIpc) is 3.13. The number of rotatable bonds is 2. The van der Waals surface area contributed by atoms with E-state index >= 15 is 0 Å². The highest BCUT2D eigenvalue weighted by molar-refractivity contribution is 5.65. The van der Waals surface area contributed by atoms with Crippen molar-refractivity contribution < 1.29 is 0 Å². The molecule has 0 saturated heterocycles. The lowest BCUT2D eigenvalue weighted by Crippen LogP contribution is -2.01. The molecule has 0 saturated carbocycles. The highest BCUT2D eigenvalue weighted by Gasteiger charge is 2.14. The number of aromatic nitrogens is 2. The van der Waals surface area contributed by atoms with Crippen LogP contribution in [0, 0.1) is 0 Å². The largest absolute Gasteiger partial charge is 0.384 e. The monoisotopic (exact) mass is 275 g/mol. The van der Waals surface area contributed by atoms with E-state index in [9.17, 15) is 0 Å². The van der Waals surface area contributed by atoms with Crippen LogP contribution in [-0.4, -0.2) is 9.78 Å². The van der Waals surface area contributed by atoms with E-state index in [0.717, 1.165) is 16.9 Å². The van der Waals surface area contributed by atoms with Gasteiger partial charge in [0.15, 0.2) is 0 Å². The molecule has 21 heavy (non-hydrogen) atoms. The Balaban J connectivity index is 1.77. The van der Waals surface area contributed by atoms with Gasteiger partial charge in [-0.2, -0.15) is 5.10 Å². The maximum absolute atomic E-state index is 6.12. The summed E-state index contributed by atoms with van der Waals surface area (Å²) in [6.45, 7) is 0. The zero-order valence-electron chi connectivity index (χ0n) is 11.8. The summed E-state index contributed by atoms with van der Waals surface area (Å²) in [4.78, 5) is 0. The Morgan fingerprint density at radius 2 is 1.71 bits per heavy atom. The lowest BCUT2D eigenvalue weighted by atomic mass is 10.0. The van der Waals surface area contributed by atoms with E-state index in [0.29, 0.717) is 5.82 Å². The molecule has 0 spiro atoms. The molecule has 3 heteroatoms. The third-order valence-electron chi connectivity index (χ3n) is 4.13. The molecular weight excluding hydrogens is 258 g/mol. The number of nitrogens with zero attached hydrogens (tertiary/aromatic N) is 2. The van der Waals surface area contributed by atoms with Gasteiger partial charge in [-0.25, -0.2) is 4.68 Å². The molecule has 1 aromatic heterocycles. The van der Waals surface area contributed by atoms with Crippen molar-refractivity contribution in [2.45, 2.75) is 19.3 Å². The van der Waals surface area contributed by atoms with Crippen molar-refractivity contribution in [1.82, 2.24) is 9.78 Å². The summed E-state index contributed by atoms with van der Waals surface area (Å²) in [7, 11) is 0. The number of aryl methyl sites for hydroxylation is 2. The Kier molecular flexibility index (Phi) is 2.78. The molecule has 1 aliphatic carbocycles. The molecule has 0 unspecified atom stereocenters. The Morgan fingerprint density at radius 3 is 2.57 bits per heavy atom. The number of hydrogen-bond donors (Lipinski definition) is 1. The van der Waals surface area contributed by atoms with Crippen LogP contribution in [0.3, 0.4) is 0 Å². The van der Waals surface area contributed by atoms with E-state index in [1.807, 2.05) is 36.4 Å². The van der Waals surface area contributed by atoms with Crippen molar-refractivity contribution in [2.75, 3.05) is 5.73 Å². The molecular formula is C18H17N3. The van der Waals surface area contributed by atoms with Crippen molar-refractivity contribution in [3.8, 4) is 16.9 Å². The van der Waals surface area contributed by atoms with Crippen molar-refractivity contribution in [3.63, 3.8) is 0 Å². The minimum Gasteiger partial charge on any atom is -0.384 e. The number of nitrogens with two attached hydrogens (primary N) is 1. The first-order valence-corrected chi connectivity index (χ1v) is 7.34. The Hall–Kier alpha value is -2.55. The third-order valence-corrected chi connectivity index (χ3v) is 4.13. The van der Waals surface area contributed by atoms with Gasteiger partial charge in [-0.15, -0.1) is 0 Å². The Morgan fingerprint density at radius 1 is 0.905 bits per heavy atom. The van der Waals surface area contributed by atoms with Gasteiger partial charge in [-0.1, -0.05) is 30.3 Å². The number of hydrogen-bond acceptors (Lipinski definition) is 2. The summed E-state index contributed by atoms with van der Waals surface area (Å²) in [5.74, 6) is 0.664. The summed E-state index contributed by atoms with van der Waals surface area (Å²) in [6, 6.07) is 18.6. The molecule has 0 bridgehead atoms. The molecule has 0 fully saturated rings. The van der Waals surface area contributed by atoms with Crippen LogP contribution in [0.4, 0.5) is 5.82 Å². The highest BCUT2D eigenvalue weighted by Crippen LogP contribution is 2.29. The van der Waals surface area contributed by atoms with Gasteiger partial charge in [0.25, 0.3) is 0 Å². The smallest absolute Gasteiger partial charge is 0.127 e. The van der Waals surface area contributed by atoms with Crippen LogP contribution in [-0.2, 0) is 12.8 Å². The fourth-order valence-electron chi connectivity index (χ4n) is 3.04. The van der Waals surface area contributed by atoms with Gasteiger partial charge < -0.3 is 5.73 Å². The topological polar surface area (TPSA) is 43.8 Å². The van der Waals surface area contributed by atoms with Crippen LogP contribution in [0.15, 0.2) is 54.6 Å². The van der Waals surface area contributed by atoms with E-state index in [1.54, 1.807) is 4.68 Å². The molecule has 3 aromatic rings. The highest BCUT2D eigenvalue weighted by atomic mass is 15.3. The minimum absolute atomic E-state index is 0.664. The Labute approximate surface area is 124 Å². The second kappa shape index (κ2) is 4.77. The number of benzene rings is 2. The standard InChI is InChI=1S/C18H17N3/c19-18-12-17(20-21(18)16-7-2-1-3-8-16)15-10-9-13-5-4-6-14(13)11-15/h1-3,7-12H,4-6,19H2. The summed E-state index contributed by atoms with van der Waals surface area (Å²) >= 11 is 0. The Bertz CT molecular complexity index is 787. The molecule has 3 nitrogen and oxygen atoms in total. The second-order valence-corrected chi connectivity index (χ2v) is 5.54. The lowest BCUT2D eigenvalue weighted by Gasteiger charge is -2.03. The predicted octanol–water partition coefficient (Wildman–Crippen LogP) is 3.61. The average molecular weight is 275 g/mol. The summed E-state index contributed by atoms with van der Waals surface area (Å²) in [5, 5.41) is 4.67. The lowest BCUT2D eigenvalue weighted by molar-refractivity contribution is 0.895. The van der Waals surface area contributed by atoms with E-state index in [1.165, 1.54) is 30.4 Å². The maximum atomic E-state index is 6.12. The van der Waals surface area contributed by atoms with Gasteiger partial charge in [0.1, 0.15) is 5.82 Å². The van der Waals surface area contributed by atoms with Gasteiger partial charge in [0.05, 0.1) is 11.4 Å². The van der Waals surface area contributed by atoms with Gasteiger partial charge in [0, 0.05) is 11.6 Å². The number of anilines is 1. The van der Waals surface area contributed by atoms with Gasteiger partial charge in [-0.3, -0.25) is 0 Å². The summed E-state index contributed by atoms with van der Waals surface area (Å²) in [6.07, 6.45) is 3.65. The van der Waals surface area contributed by atoms with Crippen molar-refractivity contribution >= 4 is 5.82 Å². The van der Waals surface area contributed by atoms with E-state index in [2.05, 4.69) is 23.3 Å². The first-order valence-electron chi connectivity index (χ1n) is 7.34. The van der Waals surface area contributed by atoms with E-state index in [-0.39, 0.29) is 0 Å². The quantitative estimate of drug-likeness (QED) is 0.776. The predicted molar refractivity (Wildman–Crippen MR) is 85.4 cm³/mol. The second-order valence-electron chi connectivity index (χ2n) is 5.54. The van der Waals surface area contributed by atoms with Crippen molar-refractivity contribution in [1.29, 1.82) is 0 Å². The molecule has 0 aliphatic heterocycles. The SMILES string of the molecule is Nc1cc(-c2ccc3c(c2)CCC3)nn1-c1ccccc1.